The number of hydrogen-bond acceptors (Lipinski definition) is 4. The predicted molar refractivity (Wildman–Crippen MR) is 56.5 cm³/mol. The van der Waals surface area contributed by atoms with E-state index in [1.165, 1.54) is 13.0 Å². The molecule has 0 aromatic heterocycles. The summed E-state index contributed by atoms with van der Waals surface area (Å²) in [6.45, 7) is 5.13. The van der Waals surface area contributed by atoms with Crippen LogP contribution in [0.3, 0.4) is 0 Å². The van der Waals surface area contributed by atoms with Crippen LogP contribution in [0.4, 0.5) is 0 Å². The lowest BCUT2D eigenvalue weighted by Crippen LogP contribution is -2.41. The fourth-order valence-electron chi connectivity index (χ4n) is 1.73. The maximum atomic E-state index is 8.45. The van der Waals surface area contributed by atoms with Crippen LogP contribution < -0.4 is 11.1 Å². The van der Waals surface area contributed by atoms with E-state index in [1.54, 1.807) is 0 Å². The average Bonchev–Trinajstić information content (AvgIpc) is 2.59. The minimum atomic E-state index is -0.0501. The molecule has 14 heavy (non-hydrogen) atoms. The summed E-state index contributed by atoms with van der Waals surface area (Å²) in [5, 5.41) is 14.7. The Balaban J connectivity index is 2.20. The largest absolute Gasteiger partial charge is 0.409 e. The van der Waals surface area contributed by atoms with E-state index in [-0.39, 0.29) is 11.9 Å². The Hall–Kier alpha value is -0.810. The minimum Gasteiger partial charge on any atom is -0.409 e. The maximum Gasteiger partial charge on any atom is 0.156 e. The van der Waals surface area contributed by atoms with Crippen molar-refractivity contribution in [2.45, 2.75) is 19.4 Å². The molecule has 5 nitrogen and oxygen atoms in total. The van der Waals surface area contributed by atoms with Gasteiger partial charge >= 0.3 is 0 Å². The molecular formula is C9H20N4O. The monoisotopic (exact) mass is 200 g/mol. The molecule has 1 aliphatic rings. The first-order chi connectivity index (χ1) is 6.63. The van der Waals surface area contributed by atoms with Crippen LogP contribution in [0.15, 0.2) is 5.16 Å². The van der Waals surface area contributed by atoms with E-state index < -0.39 is 0 Å². The third-order valence-corrected chi connectivity index (χ3v) is 2.76. The van der Waals surface area contributed by atoms with Gasteiger partial charge in [-0.3, -0.25) is 0 Å². The third kappa shape index (κ3) is 3.16. The van der Waals surface area contributed by atoms with Crippen LogP contribution in [0.25, 0.3) is 0 Å². The molecule has 0 bridgehead atoms. The topological polar surface area (TPSA) is 73.9 Å². The molecule has 0 aromatic rings. The summed E-state index contributed by atoms with van der Waals surface area (Å²) >= 11 is 0. The van der Waals surface area contributed by atoms with Gasteiger partial charge in [-0.1, -0.05) is 5.16 Å². The number of nitrogens with one attached hydrogen (secondary N) is 1. The maximum absolute atomic E-state index is 8.45. The van der Waals surface area contributed by atoms with Gasteiger partial charge in [-0.2, -0.15) is 0 Å². The highest BCUT2D eigenvalue weighted by molar-refractivity contribution is 5.84. The van der Waals surface area contributed by atoms with E-state index in [4.69, 9.17) is 10.9 Å². The number of amidine groups is 1. The molecular weight excluding hydrogens is 180 g/mol. The first-order valence-corrected chi connectivity index (χ1v) is 5.02. The molecule has 0 amide bonds. The molecule has 2 unspecified atom stereocenters. The number of likely N-dealkylation sites (tertiary alicyclic amines) is 1. The van der Waals surface area contributed by atoms with Crippen LogP contribution >= 0.6 is 0 Å². The van der Waals surface area contributed by atoms with Crippen LogP contribution in [-0.2, 0) is 0 Å². The van der Waals surface area contributed by atoms with Gasteiger partial charge in [-0.25, -0.2) is 0 Å². The van der Waals surface area contributed by atoms with Crippen LogP contribution in [0.5, 0.6) is 0 Å². The SMILES string of the molecule is CC(NCC1CCN(C)C1)C(N)=NO. The normalized spacial score (nSPS) is 26.7. The second-order valence-electron chi connectivity index (χ2n) is 4.07. The van der Waals surface area contributed by atoms with E-state index in [0.717, 1.165) is 13.1 Å². The Labute approximate surface area is 84.9 Å². The lowest BCUT2D eigenvalue weighted by Gasteiger charge is -2.15. The van der Waals surface area contributed by atoms with Gasteiger partial charge in [-0.15, -0.1) is 0 Å². The molecule has 0 aliphatic carbocycles. The summed E-state index contributed by atoms with van der Waals surface area (Å²) in [7, 11) is 2.13. The molecule has 4 N–H and O–H groups in total. The van der Waals surface area contributed by atoms with Crippen molar-refractivity contribution >= 4 is 5.84 Å². The number of hydrogen-bond donors (Lipinski definition) is 3. The summed E-state index contributed by atoms with van der Waals surface area (Å²) < 4.78 is 0. The van der Waals surface area contributed by atoms with Crippen molar-refractivity contribution in [2.24, 2.45) is 16.8 Å². The highest BCUT2D eigenvalue weighted by Gasteiger charge is 2.20. The summed E-state index contributed by atoms with van der Waals surface area (Å²) in [6.07, 6.45) is 1.23. The molecule has 5 heteroatoms. The fourth-order valence-corrected chi connectivity index (χ4v) is 1.73. The van der Waals surface area contributed by atoms with Gasteiger partial charge in [-0.05, 0) is 39.4 Å². The zero-order valence-electron chi connectivity index (χ0n) is 8.90. The third-order valence-electron chi connectivity index (χ3n) is 2.76. The van der Waals surface area contributed by atoms with Crippen molar-refractivity contribution in [3.63, 3.8) is 0 Å². The van der Waals surface area contributed by atoms with Gasteiger partial charge in [0.25, 0.3) is 0 Å². The van der Waals surface area contributed by atoms with Crippen molar-refractivity contribution in [1.29, 1.82) is 0 Å². The highest BCUT2D eigenvalue weighted by atomic mass is 16.4. The van der Waals surface area contributed by atoms with Gasteiger partial charge < -0.3 is 21.2 Å². The van der Waals surface area contributed by atoms with Gasteiger partial charge in [0.15, 0.2) is 5.84 Å². The average molecular weight is 200 g/mol. The standard InChI is InChI=1S/C9H20N4O/c1-7(9(10)12-14)11-5-8-3-4-13(2)6-8/h7-8,11,14H,3-6H2,1-2H3,(H2,10,12). The smallest absolute Gasteiger partial charge is 0.156 e. The summed E-state index contributed by atoms with van der Waals surface area (Å²) in [4.78, 5) is 2.32. The van der Waals surface area contributed by atoms with Crippen molar-refractivity contribution in [2.75, 3.05) is 26.7 Å². The number of nitrogens with two attached hydrogens (primary N) is 1. The molecule has 1 fully saturated rings. The fraction of sp³-hybridized carbons (Fsp3) is 0.889. The lowest BCUT2D eigenvalue weighted by atomic mass is 10.1. The van der Waals surface area contributed by atoms with Crippen LogP contribution in [0.1, 0.15) is 13.3 Å². The van der Waals surface area contributed by atoms with Crippen LogP contribution in [0.2, 0.25) is 0 Å². The van der Waals surface area contributed by atoms with Crippen molar-refractivity contribution in [3.05, 3.63) is 0 Å². The molecule has 82 valence electrons. The zero-order chi connectivity index (χ0) is 10.6. The number of nitrogens with zero attached hydrogens (tertiary/aromatic N) is 2. The molecule has 1 heterocycles. The molecule has 0 saturated carbocycles. The second-order valence-corrected chi connectivity index (χ2v) is 4.07. The van der Waals surface area contributed by atoms with Gasteiger partial charge in [0.2, 0.25) is 0 Å². The molecule has 1 rings (SSSR count). The molecule has 2 atom stereocenters. The van der Waals surface area contributed by atoms with Gasteiger partial charge in [0, 0.05) is 6.54 Å². The first kappa shape index (κ1) is 11.3. The molecule has 0 radical (unpaired) electrons. The van der Waals surface area contributed by atoms with Crippen molar-refractivity contribution < 1.29 is 5.21 Å². The Morgan fingerprint density at radius 1 is 1.79 bits per heavy atom. The molecule has 1 aliphatic heterocycles. The number of rotatable bonds is 4. The molecule has 0 spiro atoms. The Morgan fingerprint density at radius 2 is 2.50 bits per heavy atom. The Morgan fingerprint density at radius 3 is 3.00 bits per heavy atom. The number of oxime groups is 1. The van der Waals surface area contributed by atoms with Crippen molar-refractivity contribution in [3.8, 4) is 0 Å². The van der Waals surface area contributed by atoms with E-state index in [0.29, 0.717) is 5.92 Å². The highest BCUT2D eigenvalue weighted by Crippen LogP contribution is 2.12. The lowest BCUT2D eigenvalue weighted by molar-refractivity contribution is 0.314. The Kier molecular flexibility index (Phi) is 4.16. The van der Waals surface area contributed by atoms with E-state index >= 15 is 0 Å². The quantitative estimate of drug-likeness (QED) is 0.251. The summed E-state index contributed by atoms with van der Waals surface area (Å²) in [5.74, 6) is 0.935. The first-order valence-electron chi connectivity index (χ1n) is 5.02. The summed E-state index contributed by atoms with van der Waals surface area (Å²) in [6, 6.07) is -0.0501. The second kappa shape index (κ2) is 5.17. The minimum absolute atomic E-state index is 0.0501. The van der Waals surface area contributed by atoms with Crippen LogP contribution in [0, 0.1) is 5.92 Å². The van der Waals surface area contributed by atoms with Crippen LogP contribution in [-0.4, -0.2) is 48.7 Å². The van der Waals surface area contributed by atoms with E-state index in [2.05, 4.69) is 22.4 Å². The zero-order valence-corrected chi connectivity index (χ0v) is 8.90. The van der Waals surface area contributed by atoms with E-state index in [9.17, 15) is 0 Å². The van der Waals surface area contributed by atoms with E-state index in [1.807, 2.05) is 6.92 Å². The molecule has 1 saturated heterocycles. The Bertz CT molecular complexity index is 207. The van der Waals surface area contributed by atoms with Crippen molar-refractivity contribution in [1.82, 2.24) is 10.2 Å². The van der Waals surface area contributed by atoms with Gasteiger partial charge in [0.05, 0.1) is 6.04 Å². The van der Waals surface area contributed by atoms with Gasteiger partial charge in [0.1, 0.15) is 0 Å². The predicted octanol–water partition coefficient (Wildman–Crippen LogP) is -0.337. The molecule has 0 aromatic carbocycles. The summed E-state index contributed by atoms with van der Waals surface area (Å²) in [5.41, 5.74) is 5.46.